The predicted molar refractivity (Wildman–Crippen MR) is 102 cm³/mol. The van der Waals surface area contributed by atoms with E-state index in [1.807, 2.05) is 60.7 Å². The van der Waals surface area contributed by atoms with Crippen molar-refractivity contribution in [1.82, 2.24) is 0 Å². The van der Waals surface area contributed by atoms with Gasteiger partial charge in [-0.2, -0.15) is 8.42 Å². The Hall–Kier alpha value is -2.11. The third-order valence-corrected chi connectivity index (χ3v) is 5.34. The van der Waals surface area contributed by atoms with Gasteiger partial charge in [0.25, 0.3) is 10.1 Å². The molecule has 0 saturated carbocycles. The Kier molecular flexibility index (Phi) is 5.49. The molecule has 1 aliphatic heterocycles. The van der Waals surface area contributed by atoms with Crippen molar-refractivity contribution in [2.45, 2.75) is 38.9 Å². The van der Waals surface area contributed by atoms with Crippen LogP contribution in [0.1, 0.15) is 31.4 Å². The van der Waals surface area contributed by atoms with Crippen LogP contribution in [-0.2, 0) is 32.1 Å². The average molecular weight is 372 g/mol. The fourth-order valence-corrected chi connectivity index (χ4v) is 4.58. The van der Waals surface area contributed by atoms with Crippen molar-refractivity contribution in [3.05, 3.63) is 83.0 Å². The van der Waals surface area contributed by atoms with Crippen LogP contribution in [0.3, 0.4) is 0 Å². The van der Waals surface area contributed by atoms with E-state index in [1.54, 1.807) is 0 Å². The summed E-state index contributed by atoms with van der Waals surface area (Å²) in [5.41, 5.74) is 0.999. The molecule has 5 heteroatoms. The number of rotatable bonds is 7. The van der Waals surface area contributed by atoms with Crippen LogP contribution in [0, 0.1) is 5.92 Å². The lowest BCUT2D eigenvalue weighted by atomic mass is 9.85. The molecule has 0 N–H and O–H groups in total. The van der Waals surface area contributed by atoms with Gasteiger partial charge in [0.15, 0.2) is 0 Å². The van der Waals surface area contributed by atoms with Crippen molar-refractivity contribution in [3.63, 3.8) is 0 Å². The molecule has 2 aromatic rings. The molecule has 1 aliphatic rings. The Labute approximate surface area is 155 Å². The maximum Gasteiger partial charge on any atom is 0.294 e. The largest absolute Gasteiger partial charge is 0.489 e. The smallest absolute Gasteiger partial charge is 0.294 e. The second kappa shape index (κ2) is 7.64. The molecule has 0 amide bonds. The minimum absolute atomic E-state index is 0.246. The zero-order valence-corrected chi connectivity index (χ0v) is 15.9. The van der Waals surface area contributed by atoms with Crippen LogP contribution in [0.2, 0.25) is 0 Å². The highest BCUT2D eigenvalue weighted by atomic mass is 32.2. The number of hydrogen-bond donors (Lipinski definition) is 0. The third-order valence-electron chi connectivity index (χ3n) is 4.28. The third kappa shape index (κ3) is 4.54. The lowest BCUT2D eigenvalue weighted by Crippen LogP contribution is -2.37. The Morgan fingerprint density at radius 3 is 2.12 bits per heavy atom. The first-order valence-corrected chi connectivity index (χ1v) is 10.2. The minimum Gasteiger partial charge on any atom is -0.489 e. The first-order valence-electron chi connectivity index (χ1n) is 8.77. The number of hydrogen-bond acceptors (Lipinski definition) is 4. The molecule has 0 fully saturated rings. The monoisotopic (exact) mass is 372 g/mol. The van der Waals surface area contributed by atoms with Crippen LogP contribution in [0.25, 0.3) is 0 Å². The van der Waals surface area contributed by atoms with E-state index in [-0.39, 0.29) is 5.92 Å². The summed E-state index contributed by atoms with van der Waals surface area (Å²) in [7, 11) is -3.76. The first-order chi connectivity index (χ1) is 12.4. The Morgan fingerprint density at radius 1 is 0.962 bits per heavy atom. The standard InChI is InChI=1S/C21H24O4S/c1-17(2)13-21(14-18-9-5-3-6-10-18)20(16-26(22,23)25-21)24-15-19-11-7-4-8-12-19/h3-12,16-17H,13-15H2,1-2H3. The lowest BCUT2D eigenvalue weighted by molar-refractivity contribution is 0.0281. The van der Waals surface area contributed by atoms with Crippen LogP contribution in [0.4, 0.5) is 0 Å². The summed E-state index contributed by atoms with van der Waals surface area (Å²) in [6.07, 6.45) is 1.01. The highest BCUT2D eigenvalue weighted by Crippen LogP contribution is 2.41. The van der Waals surface area contributed by atoms with Gasteiger partial charge in [-0.1, -0.05) is 74.5 Å². The van der Waals surface area contributed by atoms with Crippen molar-refractivity contribution in [1.29, 1.82) is 0 Å². The SMILES string of the molecule is CC(C)CC1(Cc2ccccc2)OS(=O)(=O)C=C1OCc1ccccc1. The maximum absolute atomic E-state index is 12.3. The van der Waals surface area contributed by atoms with E-state index in [2.05, 4.69) is 13.8 Å². The molecule has 2 aromatic carbocycles. The average Bonchev–Trinajstić information content (AvgIpc) is 2.83. The van der Waals surface area contributed by atoms with Crippen molar-refractivity contribution >= 4 is 10.1 Å². The topological polar surface area (TPSA) is 52.6 Å². The second-order valence-electron chi connectivity index (χ2n) is 7.09. The molecule has 0 radical (unpaired) electrons. The molecule has 26 heavy (non-hydrogen) atoms. The van der Waals surface area contributed by atoms with E-state index in [4.69, 9.17) is 8.92 Å². The molecule has 3 rings (SSSR count). The normalized spacial score (nSPS) is 21.6. The molecule has 1 unspecified atom stereocenters. The van der Waals surface area contributed by atoms with Gasteiger partial charge in [-0.05, 0) is 23.5 Å². The van der Waals surface area contributed by atoms with E-state index in [0.29, 0.717) is 25.2 Å². The van der Waals surface area contributed by atoms with Gasteiger partial charge in [-0.25, -0.2) is 0 Å². The first kappa shape index (κ1) is 18.7. The highest BCUT2D eigenvalue weighted by Gasteiger charge is 2.47. The van der Waals surface area contributed by atoms with Crippen molar-refractivity contribution in [2.75, 3.05) is 0 Å². The summed E-state index contributed by atoms with van der Waals surface area (Å²) < 4.78 is 36.1. The second-order valence-corrected chi connectivity index (χ2v) is 8.48. The molecular weight excluding hydrogens is 348 g/mol. The predicted octanol–water partition coefficient (Wildman–Crippen LogP) is 4.43. The van der Waals surface area contributed by atoms with Crippen molar-refractivity contribution < 1.29 is 17.3 Å². The van der Waals surface area contributed by atoms with E-state index in [0.717, 1.165) is 16.5 Å². The molecule has 138 valence electrons. The number of ether oxygens (including phenoxy) is 1. The summed E-state index contributed by atoms with van der Waals surface area (Å²) in [6.45, 7) is 4.41. The van der Waals surface area contributed by atoms with Gasteiger partial charge in [0.2, 0.25) is 0 Å². The fraction of sp³-hybridized carbons (Fsp3) is 0.333. The van der Waals surface area contributed by atoms with Crippen molar-refractivity contribution in [3.8, 4) is 0 Å². The van der Waals surface area contributed by atoms with Crippen LogP contribution < -0.4 is 0 Å². The molecule has 0 aliphatic carbocycles. The van der Waals surface area contributed by atoms with E-state index >= 15 is 0 Å². The number of benzene rings is 2. The highest BCUT2D eigenvalue weighted by molar-refractivity contribution is 7.90. The zero-order chi connectivity index (χ0) is 18.6. The van der Waals surface area contributed by atoms with Crippen LogP contribution >= 0.6 is 0 Å². The van der Waals surface area contributed by atoms with Crippen LogP contribution in [-0.4, -0.2) is 14.0 Å². The van der Waals surface area contributed by atoms with Gasteiger partial charge in [-0.3, -0.25) is 4.18 Å². The molecule has 1 heterocycles. The lowest BCUT2D eigenvalue weighted by Gasteiger charge is -2.31. The van der Waals surface area contributed by atoms with E-state index in [1.165, 1.54) is 0 Å². The summed E-state index contributed by atoms with van der Waals surface area (Å²) in [5.74, 6) is 0.634. The molecule has 0 saturated heterocycles. The Morgan fingerprint density at radius 2 is 1.54 bits per heavy atom. The Balaban J connectivity index is 1.90. The van der Waals surface area contributed by atoms with Gasteiger partial charge in [0.05, 0.1) is 5.41 Å². The van der Waals surface area contributed by atoms with Gasteiger partial charge in [0, 0.05) is 6.42 Å². The van der Waals surface area contributed by atoms with Crippen LogP contribution in [0.5, 0.6) is 0 Å². The molecule has 4 nitrogen and oxygen atoms in total. The molecule has 0 aromatic heterocycles. The van der Waals surface area contributed by atoms with Crippen LogP contribution in [0.15, 0.2) is 71.8 Å². The molecule has 1 atom stereocenters. The molecule has 0 bridgehead atoms. The zero-order valence-electron chi connectivity index (χ0n) is 15.1. The Bertz CT molecular complexity index is 857. The minimum atomic E-state index is -3.76. The maximum atomic E-state index is 12.3. The fourth-order valence-electron chi connectivity index (χ4n) is 3.34. The summed E-state index contributed by atoms with van der Waals surface area (Å²) >= 11 is 0. The van der Waals surface area contributed by atoms with Gasteiger partial charge < -0.3 is 4.74 Å². The molecular formula is C21H24O4S. The summed E-state index contributed by atoms with van der Waals surface area (Å²) in [6, 6.07) is 19.5. The van der Waals surface area contributed by atoms with Gasteiger partial charge in [-0.15, -0.1) is 0 Å². The van der Waals surface area contributed by atoms with Crippen molar-refractivity contribution in [2.24, 2.45) is 5.92 Å². The quantitative estimate of drug-likeness (QED) is 0.675. The van der Waals surface area contributed by atoms with Gasteiger partial charge >= 0.3 is 0 Å². The molecule has 0 spiro atoms. The van der Waals surface area contributed by atoms with E-state index in [9.17, 15) is 8.42 Å². The summed E-state index contributed by atoms with van der Waals surface area (Å²) in [4.78, 5) is 0. The summed E-state index contributed by atoms with van der Waals surface area (Å²) in [5, 5.41) is 1.14. The van der Waals surface area contributed by atoms with Gasteiger partial charge in [0.1, 0.15) is 18.0 Å². The van der Waals surface area contributed by atoms with E-state index < -0.39 is 15.7 Å².